The molecule has 0 fully saturated rings. The van der Waals surface area contributed by atoms with Gasteiger partial charge >= 0.3 is 0 Å². The summed E-state index contributed by atoms with van der Waals surface area (Å²) in [5, 5.41) is 15.8. The van der Waals surface area contributed by atoms with Crippen molar-refractivity contribution in [3.05, 3.63) is 125 Å². The molecule has 0 atom stereocenters. The van der Waals surface area contributed by atoms with Crippen molar-refractivity contribution in [1.29, 1.82) is 0 Å². The summed E-state index contributed by atoms with van der Waals surface area (Å²) in [6, 6.07) is 28.4. The molecule has 0 saturated carbocycles. The van der Waals surface area contributed by atoms with E-state index in [4.69, 9.17) is 0 Å². The van der Waals surface area contributed by atoms with Crippen molar-refractivity contribution in [3.63, 3.8) is 0 Å². The second-order valence-electron chi connectivity index (χ2n) is 10.1. The number of amides is 1. The molecule has 5 heteroatoms. The van der Waals surface area contributed by atoms with Gasteiger partial charge in [-0.05, 0) is 54.2 Å². The molecule has 0 unspecified atom stereocenters. The number of carbonyl (C=O) groups is 1. The number of hydrogen-bond acceptors (Lipinski definition) is 3. The monoisotopic (exact) mass is 479 g/mol. The van der Waals surface area contributed by atoms with Gasteiger partial charge in [-0.2, -0.15) is 5.10 Å². The molecule has 4 rings (SSSR count). The minimum atomic E-state index is -1.87. The van der Waals surface area contributed by atoms with Crippen LogP contribution in [0.5, 0.6) is 0 Å². The number of hydrogen-bond donors (Lipinski definition) is 2. The highest BCUT2D eigenvalue weighted by atomic mass is 16.3. The minimum absolute atomic E-state index is 0.0940. The molecule has 0 aliphatic rings. The summed E-state index contributed by atoms with van der Waals surface area (Å²) >= 11 is 0. The number of rotatable bonds is 6. The van der Waals surface area contributed by atoms with Crippen molar-refractivity contribution in [2.45, 2.75) is 45.6 Å². The molecule has 5 nitrogen and oxygen atoms in total. The summed E-state index contributed by atoms with van der Waals surface area (Å²) in [7, 11) is 0. The van der Waals surface area contributed by atoms with Gasteiger partial charge in [0, 0.05) is 22.6 Å². The highest BCUT2D eigenvalue weighted by molar-refractivity contribution is 5.91. The summed E-state index contributed by atoms with van der Waals surface area (Å²) in [4.78, 5) is 13.3. The molecule has 0 aliphatic carbocycles. The molecule has 1 aromatic heterocycles. The van der Waals surface area contributed by atoms with E-state index in [1.54, 1.807) is 54.7 Å². The zero-order valence-electron chi connectivity index (χ0n) is 21.5. The molecule has 3 aromatic carbocycles. The standard InChI is InChI=1S/C31H33N3O2/c1-22-20-24(23(2)34(22)28-18-16-25(17-19-28)30(3,4)5)21-32-33-29(35)31(36,26-12-8-6-9-13-26)27-14-10-7-11-15-27/h6-21,36H,1-5H3,(H,33,35)/b32-21+. The summed E-state index contributed by atoms with van der Waals surface area (Å²) < 4.78 is 2.17. The highest BCUT2D eigenvalue weighted by Gasteiger charge is 2.39. The summed E-state index contributed by atoms with van der Waals surface area (Å²) in [5.74, 6) is -0.622. The van der Waals surface area contributed by atoms with Crippen molar-refractivity contribution in [2.75, 3.05) is 0 Å². The average molecular weight is 480 g/mol. The van der Waals surface area contributed by atoms with Crippen LogP contribution in [0.1, 0.15) is 54.4 Å². The van der Waals surface area contributed by atoms with E-state index in [-0.39, 0.29) is 5.41 Å². The maximum Gasteiger partial charge on any atom is 0.281 e. The first-order valence-electron chi connectivity index (χ1n) is 12.1. The lowest BCUT2D eigenvalue weighted by molar-refractivity contribution is -0.136. The Morgan fingerprint density at radius 1 is 0.833 bits per heavy atom. The minimum Gasteiger partial charge on any atom is -0.372 e. The van der Waals surface area contributed by atoms with Crippen molar-refractivity contribution >= 4 is 12.1 Å². The second kappa shape index (κ2) is 9.96. The van der Waals surface area contributed by atoms with Gasteiger partial charge in [0.05, 0.1) is 6.21 Å². The van der Waals surface area contributed by atoms with Gasteiger partial charge in [0.2, 0.25) is 0 Å². The fourth-order valence-electron chi connectivity index (χ4n) is 4.46. The normalized spacial score (nSPS) is 12.2. The molecule has 36 heavy (non-hydrogen) atoms. The van der Waals surface area contributed by atoms with E-state index in [0.29, 0.717) is 11.1 Å². The lowest BCUT2D eigenvalue weighted by atomic mass is 9.85. The van der Waals surface area contributed by atoms with Gasteiger partial charge in [-0.25, -0.2) is 5.43 Å². The summed E-state index contributed by atoms with van der Waals surface area (Å²) in [6.45, 7) is 10.7. The van der Waals surface area contributed by atoms with Crippen molar-refractivity contribution < 1.29 is 9.90 Å². The van der Waals surface area contributed by atoms with E-state index in [1.807, 2.05) is 32.0 Å². The SMILES string of the molecule is Cc1cc(/C=N/NC(=O)C(O)(c2ccccc2)c2ccccc2)c(C)n1-c1ccc(C(C)(C)C)cc1. The third-order valence-corrected chi connectivity index (χ3v) is 6.54. The van der Waals surface area contributed by atoms with Gasteiger partial charge in [0.15, 0.2) is 5.60 Å². The smallest absolute Gasteiger partial charge is 0.281 e. The van der Waals surface area contributed by atoms with E-state index in [0.717, 1.165) is 22.6 Å². The molecule has 1 amide bonds. The quantitative estimate of drug-likeness (QED) is 0.272. The zero-order valence-corrected chi connectivity index (χ0v) is 21.5. The van der Waals surface area contributed by atoms with Gasteiger partial charge in [0.25, 0.3) is 5.91 Å². The molecule has 4 aromatic rings. The molecule has 0 bridgehead atoms. The molecule has 0 spiro atoms. The molecule has 0 radical (unpaired) electrons. The predicted octanol–water partition coefficient (Wildman–Crippen LogP) is 5.78. The Balaban J connectivity index is 1.59. The molecule has 0 aliphatic heterocycles. The van der Waals surface area contributed by atoms with E-state index >= 15 is 0 Å². The van der Waals surface area contributed by atoms with Crippen LogP contribution in [0.15, 0.2) is 96.1 Å². The number of benzene rings is 3. The molecular formula is C31H33N3O2. The van der Waals surface area contributed by atoms with Crippen LogP contribution in [0.3, 0.4) is 0 Å². The lowest BCUT2D eigenvalue weighted by Gasteiger charge is -2.27. The van der Waals surface area contributed by atoms with Crippen molar-refractivity contribution in [3.8, 4) is 5.69 Å². The number of nitrogens with one attached hydrogen (secondary N) is 1. The molecule has 184 valence electrons. The number of carbonyl (C=O) groups excluding carboxylic acids is 1. The van der Waals surface area contributed by atoms with E-state index in [1.165, 1.54) is 5.56 Å². The Morgan fingerprint density at radius 3 is 1.86 bits per heavy atom. The molecule has 1 heterocycles. The lowest BCUT2D eigenvalue weighted by Crippen LogP contribution is -2.43. The fraction of sp³-hybridized carbons (Fsp3) is 0.226. The third kappa shape index (κ3) is 4.88. The first kappa shape index (κ1) is 25.1. The van der Waals surface area contributed by atoms with Gasteiger partial charge < -0.3 is 9.67 Å². The van der Waals surface area contributed by atoms with E-state index in [9.17, 15) is 9.90 Å². The highest BCUT2D eigenvalue weighted by Crippen LogP contribution is 2.30. The Kier molecular flexibility index (Phi) is 6.95. The number of aromatic nitrogens is 1. The molecule has 0 saturated heterocycles. The third-order valence-electron chi connectivity index (χ3n) is 6.54. The zero-order chi connectivity index (χ0) is 25.9. The van der Waals surface area contributed by atoms with Crippen molar-refractivity contribution in [2.24, 2.45) is 5.10 Å². The van der Waals surface area contributed by atoms with E-state index < -0.39 is 11.5 Å². The maximum atomic E-state index is 13.3. The second-order valence-corrected chi connectivity index (χ2v) is 10.1. The first-order valence-corrected chi connectivity index (χ1v) is 12.1. The first-order chi connectivity index (χ1) is 17.1. The number of nitrogens with zero attached hydrogens (tertiary/aromatic N) is 2. The van der Waals surface area contributed by atoms with Crippen LogP contribution in [0.4, 0.5) is 0 Å². The fourth-order valence-corrected chi connectivity index (χ4v) is 4.46. The summed E-state index contributed by atoms with van der Waals surface area (Å²) in [5.41, 5.74) is 7.04. The van der Waals surface area contributed by atoms with Crippen molar-refractivity contribution in [1.82, 2.24) is 9.99 Å². The van der Waals surface area contributed by atoms with Crippen LogP contribution in [0.25, 0.3) is 5.69 Å². The summed E-state index contributed by atoms with van der Waals surface area (Å²) in [6.07, 6.45) is 1.62. The Labute approximate surface area is 213 Å². The van der Waals surface area contributed by atoms with Crippen LogP contribution in [-0.4, -0.2) is 21.8 Å². The number of aryl methyl sites for hydroxylation is 1. The van der Waals surface area contributed by atoms with Gasteiger partial charge in [0.1, 0.15) is 0 Å². The Morgan fingerprint density at radius 2 is 1.36 bits per heavy atom. The average Bonchev–Trinajstić information content (AvgIpc) is 3.16. The Bertz CT molecular complexity index is 1320. The number of aliphatic hydroxyl groups is 1. The van der Waals surface area contributed by atoms with Crippen LogP contribution >= 0.6 is 0 Å². The number of hydrazone groups is 1. The van der Waals surface area contributed by atoms with Gasteiger partial charge in [-0.3, -0.25) is 4.79 Å². The van der Waals surface area contributed by atoms with Crippen LogP contribution in [0, 0.1) is 13.8 Å². The largest absolute Gasteiger partial charge is 0.372 e. The predicted molar refractivity (Wildman–Crippen MR) is 146 cm³/mol. The molecular weight excluding hydrogens is 446 g/mol. The van der Waals surface area contributed by atoms with E-state index in [2.05, 4.69) is 60.1 Å². The van der Waals surface area contributed by atoms with Gasteiger partial charge in [-0.15, -0.1) is 0 Å². The van der Waals surface area contributed by atoms with Gasteiger partial charge in [-0.1, -0.05) is 93.6 Å². The maximum absolute atomic E-state index is 13.3. The topological polar surface area (TPSA) is 66.6 Å². The molecule has 2 N–H and O–H groups in total. The Hall–Kier alpha value is -3.96. The van der Waals surface area contributed by atoms with Crippen LogP contribution in [0.2, 0.25) is 0 Å². The van der Waals surface area contributed by atoms with Crippen LogP contribution in [-0.2, 0) is 15.8 Å². The van der Waals surface area contributed by atoms with Crippen LogP contribution < -0.4 is 5.43 Å².